The first-order chi connectivity index (χ1) is 9.36. The van der Waals surface area contributed by atoms with Gasteiger partial charge in [0.1, 0.15) is 0 Å². The second kappa shape index (κ2) is 5.24. The maximum absolute atomic E-state index is 2.54. The molecule has 0 aliphatic heterocycles. The van der Waals surface area contributed by atoms with Crippen molar-refractivity contribution in [2.24, 2.45) is 0 Å². The molecule has 1 aliphatic carbocycles. The van der Waals surface area contributed by atoms with Crippen molar-refractivity contribution in [3.05, 3.63) is 52.8 Å². The molecule has 0 fully saturated rings. The van der Waals surface area contributed by atoms with Crippen LogP contribution in [0.4, 0.5) is 0 Å². The summed E-state index contributed by atoms with van der Waals surface area (Å²) >= 11 is 0. The molecule has 0 N–H and O–H groups in total. The van der Waals surface area contributed by atoms with Crippen LogP contribution in [0.15, 0.2) is 30.3 Å². The van der Waals surface area contributed by atoms with E-state index in [0.717, 1.165) is 12.8 Å². The summed E-state index contributed by atoms with van der Waals surface area (Å²) in [7, 11) is 0. The Bertz CT molecular complexity index is 532. The highest BCUT2D eigenvalue weighted by atomic mass is 15.0. The number of aromatic nitrogens is 1. The summed E-state index contributed by atoms with van der Waals surface area (Å²) in [5.74, 6) is 0. The number of para-hydroxylation sites is 1. The third kappa shape index (κ3) is 2.01. The molecule has 0 unspecified atom stereocenters. The van der Waals surface area contributed by atoms with Crippen LogP contribution in [0.3, 0.4) is 0 Å². The van der Waals surface area contributed by atoms with Gasteiger partial charge in [-0.15, -0.1) is 0 Å². The average Bonchev–Trinajstić information content (AvgIpc) is 2.81. The van der Waals surface area contributed by atoms with Gasteiger partial charge in [0, 0.05) is 17.1 Å². The second-order valence-corrected chi connectivity index (χ2v) is 5.44. The molecular weight excluding hydrogens is 230 g/mol. The molecule has 1 heterocycles. The number of fused-ring (bicyclic) bond motifs is 1. The van der Waals surface area contributed by atoms with Crippen molar-refractivity contribution >= 4 is 0 Å². The van der Waals surface area contributed by atoms with Gasteiger partial charge >= 0.3 is 0 Å². The summed E-state index contributed by atoms with van der Waals surface area (Å²) in [6.45, 7) is 4.59. The van der Waals surface area contributed by atoms with Crippen molar-refractivity contribution in [3.8, 4) is 5.69 Å². The van der Waals surface area contributed by atoms with E-state index in [-0.39, 0.29) is 0 Å². The average molecular weight is 253 g/mol. The number of benzene rings is 1. The van der Waals surface area contributed by atoms with E-state index < -0.39 is 0 Å². The fraction of sp³-hybridized carbons (Fsp3) is 0.444. The minimum atomic E-state index is 1.14. The molecule has 1 nitrogen and oxygen atoms in total. The number of hydrogen-bond donors (Lipinski definition) is 0. The predicted octanol–water partition coefficient (Wildman–Crippen LogP) is 4.48. The molecule has 1 aliphatic rings. The van der Waals surface area contributed by atoms with E-state index in [9.17, 15) is 0 Å². The van der Waals surface area contributed by atoms with Gasteiger partial charge in [0.25, 0.3) is 0 Å². The number of hydrogen-bond acceptors (Lipinski definition) is 0. The van der Waals surface area contributed by atoms with Crippen LogP contribution in [0.1, 0.15) is 49.2 Å². The molecule has 0 amide bonds. The SMILES string of the molecule is CCc1c2c(c(CC)n1-c1ccccc1)CCCC2. The Morgan fingerprint density at radius 1 is 0.842 bits per heavy atom. The molecule has 0 atom stereocenters. The Morgan fingerprint density at radius 2 is 1.37 bits per heavy atom. The molecule has 1 aromatic carbocycles. The van der Waals surface area contributed by atoms with Crippen molar-refractivity contribution in [2.75, 3.05) is 0 Å². The predicted molar refractivity (Wildman–Crippen MR) is 81.2 cm³/mol. The lowest BCUT2D eigenvalue weighted by Crippen LogP contribution is -2.04. The molecule has 0 saturated heterocycles. The largest absolute Gasteiger partial charge is 0.317 e. The fourth-order valence-electron chi connectivity index (χ4n) is 3.61. The number of rotatable bonds is 3. The van der Waals surface area contributed by atoms with Crippen LogP contribution < -0.4 is 0 Å². The molecule has 1 heteroatoms. The van der Waals surface area contributed by atoms with Gasteiger partial charge < -0.3 is 4.57 Å². The van der Waals surface area contributed by atoms with Gasteiger partial charge in [0.15, 0.2) is 0 Å². The zero-order chi connectivity index (χ0) is 13.2. The van der Waals surface area contributed by atoms with Crippen LogP contribution in [0, 0.1) is 0 Å². The monoisotopic (exact) mass is 253 g/mol. The Hall–Kier alpha value is -1.50. The molecule has 0 spiro atoms. The topological polar surface area (TPSA) is 4.93 Å². The first-order valence-electron chi connectivity index (χ1n) is 7.66. The standard InChI is InChI=1S/C18H23N/c1-3-17-15-12-8-9-13-16(15)18(4-2)19(17)14-10-6-5-7-11-14/h5-7,10-11H,3-4,8-9,12-13H2,1-2H3. The van der Waals surface area contributed by atoms with Gasteiger partial charge in [-0.3, -0.25) is 0 Å². The highest BCUT2D eigenvalue weighted by Gasteiger charge is 2.23. The maximum Gasteiger partial charge on any atom is 0.0455 e. The zero-order valence-corrected chi connectivity index (χ0v) is 12.1. The van der Waals surface area contributed by atoms with Crippen molar-refractivity contribution in [3.63, 3.8) is 0 Å². The Morgan fingerprint density at radius 3 is 1.84 bits per heavy atom. The molecule has 0 bridgehead atoms. The van der Waals surface area contributed by atoms with Crippen LogP contribution in [0.2, 0.25) is 0 Å². The van der Waals surface area contributed by atoms with Crippen LogP contribution in [-0.4, -0.2) is 4.57 Å². The van der Waals surface area contributed by atoms with Gasteiger partial charge in [-0.25, -0.2) is 0 Å². The van der Waals surface area contributed by atoms with Crippen LogP contribution in [0.25, 0.3) is 5.69 Å². The summed E-state index contributed by atoms with van der Waals surface area (Å²) in [6, 6.07) is 10.9. The minimum absolute atomic E-state index is 1.14. The lowest BCUT2D eigenvalue weighted by Gasteiger charge is -2.12. The highest BCUT2D eigenvalue weighted by Crippen LogP contribution is 2.33. The highest BCUT2D eigenvalue weighted by molar-refractivity contribution is 5.48. The first-order valence-corrected chi connectivity index (χ1v) is 7.66. The summed E-state index contributed by atoms with van der Waals surface area (Å²) in [4.78, 5) is 0. The van der Waals surface area contributed by atoms with Crippen molar-refractivity contribution < 1.29 is 0 Å². The molecule has 100 valence electrons. The van der Waals surface area contributed by atoms with Gasteiger partial charge in [-0.1, -0.05) is 32.0 Å². The first kappa shape index (κ1) is 12.5. The molecule has 0 saturated carbocycles. The van der Waals surface area contributed by atoms with Gasteiger partial charge in [-0.2, -0.15) is 0 Å². The molecule has 3 rings (SSSR count). The maximum atomic E-state index is 2.54. The van der Waals surface area contributed by atoms with Gasteiger partial charge in [0.05, 0.1) is 0 Å². The summed E-state index contributed by atoms with van der Waals surface area (Å²) in [6.07, 6.45) is 7.56. The van der Waals surface area contributed by atoms with Gasteiger partial charge in [0.2, 0.25) is 0 Å². The van der Waals surface area contributed by atoms with Gasteiger partial charge in [-0.05, 0) is 61.8 Å². The van der Waals surface area contributed by atoms with Crippen molar-refractivity contribution in [1.29, 1.82) is 0 Å². The summed E-state index contributed by atoms with van der Waals surface area (Å²) in [5.41, 5.74) is 7.77. The van der Waals surface area contributed by atoms with Crippen LogP contribution in [0.5, 0.6) is 0 Å². The van der Waals surface area contributed by atoms with E-state index >= 15 is 0 Å². The Kier molecular flexibility index (Phi) is 3.46. The third-order valence-corrected chi connectivity index (χ3v) is 4.39. The molecular formula is C18H23N. The van der Waals surface area contributed by atoms with E-state index in [2.05, 4.69) is 48.7 Å². The summed E-state index contributed by atoms with van der Waals surface area (Å²) < 4.78 is 2.54. The van der Waals surface area contributed by atoms with E-state index in [1.807, 2.05) is 0 Å². The van der Waals surface area contributed by atoms with Crippen LogP contribution in [-0.2, 0) is 25.7 Å². The molecule has 1 aromatic heterocycles. The second-order valence-electron chi connectivity index (χ2n) is 5.44. The lowest BCUT2D eigenvalue weighted by atomic mass is 9.91. The minimum Gasteiger partial charge on any atom is -0.317 e. The quantitative estimate of drug-likeness (QED) is 0.760. The molecule has 2 aromatic rings. The van der Waals surface area contributed by atoms with E-state index in [4.69, 9.17) is 0 Å². The van der Waals surface area contributed by atoms with E-state index in [0.29, 0.717) is 0 Å². The van der Waals surface area contributed by atoms with Crippen molar-refractivity contribution in [2.45, 2.75) is 52.4 Å². The van der Waals surface area contributed by atoms with E-state index in [1.165, 1.54) is 31.4 Å². The lowest BCUT2D eigenvalue weighted by molar-refractivity contribution is 0.681. The van der Waals surface area contributed by atoms with Crippen LogP contribution >= 0.6 is 0 Å². The number of nitrogens with zero attached hydrogens (tertiary/aromatic N) is 1. The van der Waals surface area contributed by atoms with Crippen molar-refractivity contribution in [1.82, 2.24) is 4.57 Å². The Labute approximate surface area is 116 Å². The third-order valence-electron chi connectivity index (χ3n) is 4.39. The van der Waals surface area contributed by atoms with E-state index in [1.54, 1.807) is 22.5 Å². The summed E-state index contributed by atoms with van der Waals surface area (Å²) in [5, 5.41) is 0. The Balaban J connectivity index is 2.25. The molecule has 19 heavy (non-hydrogen) atoms. The molecule has 0 radical (unpaired) electrons. The normalized spacial score (nSPS) is 14.4. The zero-order valence-electron chi connectivity index (χ0n) is 12.1. The fourth-order valence-corrected chi connectivity index (χ4v) is 3.61. The smallest absolute Gasteiger partial charge is 0.0455 e.